The van der Waals surface area contributed by atoms with Gasteiger partial charge in [-0.05, 0) is 41.7 Å². The molecule has 4 nitrogen and oxygen atoms in total. The first-order valence-corrected chi connectivity index (χ1v) is 9.71. The molecule has 0 radical (unpaired) electrons. The van der Waals surface area contributed by atoms with E-state index in [1.54, 1.807) is 11.8 Å². The highest BCUT2D eigenvalue weighted by Crippen LogP contribution is 2.35. The van der Waals surface area contributed by atoms with Gasteiger partial charge in [-0.15, -0.1) is 0 Å². The summed E-state index contributed by atoms with van der Waals surface area (Å²) in [5, 5.41) is 6.42. The Morgan fingerprint density at radius 1 is 1.38 bits per heavy atom. The molecular weight excluding hydrogens is 318 g/mol. The number of amidine groups is 1. The number of aliphatic imine (C=N–C) groups is 1. The number of amides is 1. The van der Waals surface area contributed by atoms with Gasteiger partial charge in [0.2, 0.25) is 5.91 Å². The number of nitrogens with one attached hydrogen (secondary N) is 1. The van der Waals surface area contributed by atoms with Crippen LogP contribution in [0.25, 0.3) is 0 Å². The second-order valence-corrected chi connectivity index (χ2v) is 7.47. The zero-order valence-electron chi connectivity index (χ0n) is 13.8. The van der Waals surface area contributed by atoms with Gasteiger partial charge in [-0.25, -0.2) is 0 Å². The van der Waals surface area contributed by atoms with Crippen molar-refractivity contribution >= 4 is 22.8 Å². The number of carbonyl (C=O) groups is 1. The van der Waals surface area contributed by atoms with E-state index < -0.39 is 0 Å². The fraction of sp³-hybridized carbons (Fsp3) is 0.474. The molecular formula is C19H23N3OS. The molecule has 0 saturated carbocycles. The zero-order valence-corrected chi connectivity index (χ0v) is 14.6. The average Bonchev–Trinajstić information content (AvgIpc) is 3.20. The first kappa shape index (κ1) is 15.8. The van der Waals surface area contributed by atoms with E-state index in [0.717, 1.165) is 43.9 Å². The van der Waals surface area contributed by atoms with Crippen LogP contribution in [0.2, 0.25) is 0 Å². The molecule has 4 rings (SSSR count). The number of aryl methyl sites for hydroxylation is 1. The Hall–Kier alpha value is -1.75. The Balaban J connectivity index is 1.25. The third-order valence-corrected chi connectivity index (χ3v) is 6.01. The number of hydrogen-bond donors (Lipinski definition) is 1. The van der Waals surface area contributed by atoms with E-state index in [1.165, 1.54) is 16.8 Å². The zero-order chi connectivity index (χ0) is 16.4. The average molecular weight is 341 g/mol. The Morgan fingerprint density at radius 2 is 2.29 bits per heavy atom. The van der Waals surface area contributed by atoms with Crippen molar-refractivity contribution in [3.8, 4) is 0 Å². The van der Waals surface area contributed by atoms with Gasteiger partial charge in [0.15, 0.2) is 5.17 Å². The largest absolute Gasteiger partial charge is 0.356 e. The molecule has 0 spiro atoms. The monoisotopic (exact) mass is 341 g/mol. The third kappa shape index (κ3) is 3.22. The molecule has 1 aromatic carbocycles. The second kappa shape index (κ2) is 7.01. The maximum Gasteiger partial charge on any atom is 0.220 e. The summed E-state index contributed by atoms with van der Waals surface area (Å²) in [6, 6.07) is 8.54. The van der Waals surface area contributed by atoms with Gasteiger partial charge in [0.25, 0.3) is 0 Å². The molecule has 1 N–H and O–H groups in total. The number of carbonyl (C=O) groups excluding carboxylic acids is 1. The van der Waals surface area contributed by atoms with E-state index in [0.29, 0.717) is 18.9 Å². The molecule has 126 valence electrons. The van der Waals surface area contributed by atoms with Crippen LogP contribution in [0.4, 0.5) is 0 Å². The fourth-order valence-electron chi connectivity index (χ4n) is 3.81. The minimum Gasteiger partial charge on any atom is -0.356 e. The summed E-state index contributed by atoms with van der Waals surface area (Å²) in [4.78, 5) is 19.1. The lowest BCUT2D eigenvalue weighted by molar-refractivity contribution is -0.121. The van der Waals surface area contributed by atoms with Gasteiger partial charge in [-0.1, -0.05) is 36.0 Å². The molecule has 0 unspecified atom stereocenters. The van der Waals surface area contributed by atoms with Gasteiger partial charge >= 0.3 is 0 Å². The van der Waals surface area contributed by atoms with Crippen LogP contribution < -0.4 is 5.32 Å². The molecule has 5 heteroatoms. The topological polar surface area (TPSA) is 44.7 Å². The summed E-state index contributed by atoms with van der Waals surface area (Å²) in [6.45, 7) is 2.72. The number of thioether (sulfide) groups is 1. The Labute approximate surface area is 147 Å². The lowest BCUT2D eigenvalue weighted by atomic mass is 9.97. The van der Waals surface area contributed by atoms with Crippen LogP contribution in [0.5, 0.6) is 0 Å². The van der Waals surface area contributed by atoms with Gasteiger partial charge in [0, 0.05) is 38.2 Å². The van der Waals surface area contributed by atoms with Crippen LogP contribution in [-0.4, -0.2) is 35.6 Å². The minimum atomic E-state index is 0.176. The van der Waals surface area contributed by atoms with Crippen LogP contribution in [-0.2, 0) is 11.2 Å². The Bertz CT molecular complexity index is 698. The van der Waals surface area contributed by atoms with E-state index in [9.17, 15) is 4.79 Å². The van der Waals surface area contributed by atoms with Crippen molar-refractivity contribution < 1.29 is 4.79 Å². The van der Waals surface area contributed by atoms with Crippen molar-refractivity contribution in [2.45, 2.75) is 38.0 Å². The van der Waals surface area contributed by atoms with Crippen LogP contribution in [0.15, 0.2) is 40.4 Å². The molecule has 2 heterocycles. The van der Waals surface area contributed by atoms with E-state index >= 15 is 0 Å². The second-order valence-electron chi connectivity index (χ2n) is 6.64. The lowest BCUT2D eigenvalue weighted by Crippen LogP contribution is -2.32. The van der Waals surface area contributed by atoms with Crippen molar-refractivity contribution in [2.75, 3.05) is 19.6 Å². The van der Waals surface area contributed by atoms with Crippen molar-refractivity contribution in [1.82, 2.24) is 10.2 Å². The van der Waals surface area contributed by atoms with Crippen LogP contribution in [0.3, 0.4) is 0 Å². The van der Waals surface area contributed by atoms with Crippen molar-refractivity contribution in [3.05, 3.63) is 46.5 Å². The number of benzene rings is 1. The molecule has 0 bridgehead atoms. The lowest BCUT2D eigenvalue weighted by Gasteiger charge is -2.25. The predicted molar refractivity (Wildman–Crippen MR) is 99.0 cm³/mol. The van der Waals surface area contributed by atoms with E-state index in [2.05, 4.69) is 44.9 Å². The van der Waals surface area contributed by atoms with Gasteiger partial charge < -0.3 is 10.2 Å². The molecule has 1 aromatic rings. The maximum absolute atomic E-state index is 12.3. The summed E-state index contributed by atoms with van der Waals surface area (Å²) < 4.78 is 0. The molecule has 1 amide bonds. The summed E-state index contributed by atoms with van der Waals surface area (Å²) in [7, 11) is 0. The Kier molecular flexibility index (Phi) is 4.60. The SMILES string of the molecule is O=C(C[C@H]1CCc2ccccc21)NCCC1=CSC2=NCCCN12. The summed E-state index contributed by atoms with van der Waals surface area (Å²) in [6.07, 6.45) is 4.83. The van der Waals surface area contributed by atoms with E-state index in [4.69, 9.17) is 0 Å². The quantitative estimate of drug-likeness (QED) is 0.894. The Morgan fingerprint density at radius 3 is 3.25 bits per heavy atom. The van der Waals surface area contributed by atoms with Crippen LogP contribution >= 0.6 is 11.8 Å². The molecule has 1 atom stereocenters. The maximum atomic E-state index is 12.3. The van der Waals surface area contributed by atoms with Crippen molar-refractivity contribution in [2.24, 2.45) is 4.99 Å². The summed E-state index contributed by atoms with van der Waals surface area (Å²) in [5.41, 5.74) is 4.09. The molecule has 0 fully saturated rings. The predicted octanol–water partition coefficient (Wildman–Crippen LogP) is 3.26. The number of hydrogen-bond acceptors (Lipinski definition) is 4. The van der Waals surface area contributed by atoms with Crippen molar-refractivity contribution in [3.63, 3.8) is 0 Å². The van der Waals surface area contributed by atoms with Gasteiger partial charge in [0.1, 0.15) is 0 Å². The van der Waals surface area contributed by atoms with Gasteiger partial charge in [-0.3, -0.25) is 9.79 Å². The van der Waals surface area contributed by atoms with E-state index in [1.807, 2.05) is 0 Å². The minimum absolute atomic E-state index is 0.176. The number of rotatable bonds is 5. The number of fused-ring (bicyclic) bond motifs is 2. The normalized spacial score (nSPS) is 21.8. The fourth-order valence-corrected chi connectivity index (χ4v) is 4.80. The molecule has 3 aliphatic rings. The third-order valence-electron chi connectivity index (χ3n) is 5.06. The number of nitrogens with zero attached hydrogens (tertiary/aromatic N) is 2. The van der Waals surface area contributed by atoms with Crippen LogP contribution in [0, 0.1) is 0 Å². The molecule has 1 aliphatic carbocycles. The van der Waals surface area contributed by atoms with Crippen molar-refractivity contribution in [1.29, 1.82) is 0 Å². The molecule has 0 saturated heterocycles. The first-order valence-electron chi connectivity index (χ1n) is 8.83. The standard InChI is InChI=1S/C19H23N3OS/c23-18(12-15-7-6-14-4-1-2-5-17(14)15)20-10-8-16-13-24-19-21-9-3-11-22(16)19/h1-2,4-5,13,15H,3,6-12H2,(H,20,23)/t15-/m1/s1. The molecule has 24 heavy (non-hydrogen) atoms. The molecule has 0 aromatic heterocycles. The first-order chi connectivity index (χ1) is 11.8. The molecule has 2 aliphatic heterocycles. The van der Waals surface area contributed by atoms with E-state index in [-0.39, 0.29) is 5.91 Å². The highest BCUT2D eigenvalue weighted by Gasteiger charge is 2.26. The highest BCUT2D eigenvalue weighted by molar-refractivity contribution is 8.16. The smallest absolute Gasteiger partial charge is 0.220 e. The summed E-state index contributed by atoms with van der Waals surface area (Å²) in [5.74, 6) is 0.568. The highest BCUT2D eigenvalue weighted by atomic mass is 32.2. The summed E-state index contributed by atoms with van der Waals surface area (Å²) >= 11 is 1.71. The van der Waals surface area contributed by atoms with Crippen LogP contribution in [0.1, 0.15) is 42.7 Å². The van der Waals surface area contributed by atoms with Gasteiger partial charge in [0.05, 0.1) is 0 Å². The van der Waals surface area contributed by atoms with Gasteiger partial charge in [-0.2, -0.15) is 0 Å².